The van der Waals surface area contributed by atoms with Crippen LogP contribution in [0.25, 0.3) is 0 Å². The molecule has 1 aliphatic rings. The van der Waals surface area contributed by atoms with E-state index in [1.165, 1.54) is 9.80 Å². The lowest BCUT2D eigenvalue weighted by Gasteiger charge is -2.30. The Morgan fingerprint density at radius 3 is 2.23 bits per heavy atom. The van der Waals surface area contributed by atoms with Crippen LogP contribution in [0, 0.1) is 0 Å². The minimum absolute atomic E-state index is 0.141. The van der Waals surface area contributed by atoms with Crippen LogP contribution < -0.4 is 0 Å². The van der Waals surface area contributed by atoms with Crippen LogP contribution in [0.3, 0.4) is 0 Å². The van der Waals surface area contributed by atoms with Crippen LogP contribution in [0.4, 0.5) is 0 Å². The predicted molar refractivity (Wildman–Crippen MR) is 45.7 cm³/mol. The topological polar surface area (TPSA) is 60.9 Å². The van der Waals surface area contributed by atoms with Crippen LogP contribution in [0.15, 0.2) is 0 Å². The fraction of sp³-hybridized carbons (Fsp3) is 0.750. The Balaban J connectivity index is 2.59. The number of amides is 2. The van der Waals surface area contributed by atoms with Gasteiger partial charge in [0.1, 0.15) is 0 Å². The second kappa shape index (κ2) is 4.34. The fourth-order valence-electron chi connectivity index (χ4n) is 1.32. The Bertz CT molecular complexity index is 199. The van der Waals surface area contributed by atoms with Crippen molar-refractivity contribution in [3.8, 4) is 0 Å². The molecule has 0 saturated carbocycles. The summed E-state index contributed by atoms with van der Waals surface area (Å²) in [5.41, 5.74) is 0. The quantitative estimate of drug-likeness (QED) is 0.575. The number of carbonyl (C=O) groups is 2. The maximum Gasteiger partial charge on any atom is 0.243 e. The van der Waals surface area contributed by atoms with E-state index in [9.17, 15) is 9.59 Å². The van der Waals surface area contributed by atoms with Crippen molar-refractivity contribution >= 4 is 11.8 Å². The molecule has 0 unspecified atom stereocenters. The number of aliphatic hydroxyl groups is 1. The Labute approximate surface area is 76.9 Å². The lowest BCUT2D eigenvalue weighted by molar-refractivity contribution is -0.153. The maximum absolute atomic E-state index is 11.3. The molecule has 1 fully saturated rings. The molecule has 1 aliphatic heterocycles. The van der Waals surface area contributed by atoms with E-state index in [0.717, 1.165) is 6.42 Å². The third-order valence-corrected chi connectivity index (χ3v) is 1.97. The molecule has 1 heterocycles. The van der Waals surface area contributed by atoms with Gasteiger partial charge in [-0.05, 0) is 6.42 Å². The highest BCUT2D eigenvalue weighted by Gasteiger charge is 2.29. The molecule has 0 aromatic heterocycles. The van der Waals surface area contributed by atoms with E-state index in [1.54, 1.807) is 0 Å². The molecule has 1 N–H and O–H groups in total. The highest BCUT2D eigenvalue weighted by atomic mass is 16.3. The Morgan fingerprint density at radius 2 is 1.85 bits per heavy atom. The summed E-state index contributed by atoms with van der Waals surface area (Å²) in [6.07, 6.45) is 0.774. The number of piperazine rings is 1. The normalized spacial score (nSPS) is 19.7. The Morgan fingerprint density at radius 1 is 1.31 bits per heavy atom. The molecule has 5 heteroatoms. The smallest absolute Gasteiger partial charge is 0.243 e. The third kappa shape index (κ3) is 2.26. The van der Waals surface area contributed by atoms with Crippen LogP contribution in [0.2, 0.25) is 0 Å². The Kier molecular flexibility index (Phi) is 3.39. The monoisotopic (exact) mass is 186 g/mol. The van der Waals surface area contributed by atoms with Crippen LogP contribution in [0.5, 0.6) is 0 Å². The van der Waals surface area contributed by atoms with Gasteiger partial charge in [-0.3, -0.25) is 19.4 Å². The minimum Gasteiger partial charge on any atom is -0.381 e. The van der Waals surface area contributed by atoms with Crippen molar-refractivity contribution in [1.29, 1.82) is 0 Å². The number of imide groups is 1. The molecule has 0 aliphatic carbocycles. The van der Waals surface area contributed by atoms with E-state index < -0.39 is 0 Å². The summed E-state index contributed by atoms with van der Waals surface area (Å²) >= 11 is 0. The van der Waals surface area contributed by atoms with Gasteiger partial charge in [0.05, 0.1) is 19.8 Å². The van der Waals surface area contributed by atoms with Crippen molar-refractivity contribution < 1.29 is 14.7 Å². The van der Waals surface area contributed by atoms with Crippen LogP contribution in [0.1, 0.15) is 13.3 Å². The van der Waals surface area contributed by atoms with Crippen molar-refractivity contribution in [3.05, 3.63) is 0 Å². The summed E-state index contributed by atoms with van der Waals surface area (Å²) < 4.78 is 0. The third-order valence-electron chi connectivity index (χ3n) is 1.97. The SMILES string of the molecule is CCCN1C(=O)CN(CO)CC1=O. The van der Waals surface area contributed by atoms with Crippen LogP contribution >= 0.6 is 0 Å². The maximum atomic E-state index is 11.3. The van der Waals surface area contributed by atoms with Gasteiger partial charge in [0.15, 0.2) is 0 Å². The first-order valence-electron chi connectivity index (χ1n) is 4.35. The van der Waals surface area contributed by atoms with Gasteiger partial charge in [0, 0.05) is 6.54 Å². The zero-order chi connectivity index (χ0) is 9.84. The molecule has 0 radical (unpaired) electrons. The molecule has 74 valence electrons. The fourth-order valence-corrected chi connectivity index (χ4v) is 1.32. The first-order chi connectivity index (χ1) is 6.19. The average Bonchev–Trinajstić information content (AvgIpc) is 2.11. The van der Waals surface area contributed by atoms with Crippen molar-refractivity contribution in [2.45, 2.75) is 13.3 Å². The molecule has 5 nitrogen and oxygen atoms in total. The number of hydrogen-bond donors (Lipinski definition) is 1. The van der Waals surface area contributed by atoms with E-state index in [0.29, 0.717) is 6.54 Å². The molecular formula is C8H14N2O3. The van der Waals surface area contributed by atoms with Crippen molar-refractivity contribution in [2.75, 3.05) is 26.4 Å². The van der Waals surface area contributed by atoms with Gasteiger partial charge in [-0.2, -0.15) is 0 Å². The highest BCUT2D eigenvalue weighted by Crippen LogP contribution is 2.04. The second-order valence-electron chi connectivity index (χ2n) is 3.07. The molecular weight excluding hydrogens is 172 g/mol. The number of nitrogens with zero attached hydrogens (tertiary/aromatic N) is 2. The van der Waals surface area contributed by atoms with Gasteiger partial charge in [-0.1, -0.05) is 6.92 Å². The van der Waals surface area contributed by atoms with E-state index in [-0.39, 0.29) is 31.6 Å². The number of hydrogen-bond acceptors (Lipinski definition) is 4. The molecule has 1 saturated heterocycles. The predicted octanol–water partition coefficient (Wildman–Crippen LogP) is -0.983. The largest absolute Gasteiger partial charge is 0.381 e. The summed E-state index contributed by atoms with van der Waals surface area (Å²) in [5, 5.41) is 8.75. The van der Waals surface area contributed by atoms with E-state index >= 15 is 0 Å². The average molecular weight is 186 g/mol. The highest BCUT2D eigenvalue weighted by molar-refractivity contribution is 5.99. The number of aliphatic hydroxyl groups excluding tert-OH is 1. The van der Waals surface area contributed by atoms with Gasteiger partial charge in [0.2, 0.25) is 11.8 Å². The minimum atomic E-state index is -0.239. The summed E-state index contributed by atoms with van der Waals surface area (Å²) in [4.78, 5) is 25.3. The molecule has 0 aromatic rings. The molecule has 1 rings (SSSR count). The van der Waals surface area contributed by atoms with Crippen LogP contribution in [-0.4, -0.2) is 53.1 Å². The zero-order valence-electron chi connectivity index (χ0n) is 7.69. The summed E-state index contributed by atoms with van der Waals surface area (Å²) in [7, 11) is 0. The van der Waals surface area contributed by atoms with Gasteiger partial charge in [-0.25, -0.2) is 0 Å². The summed E-state index contributed by atoms with van der Waals surface area (Å²) in [6.45, 7) is 2.44. The summed E-state index contributed by atoms with van der Waals surface area (Å²) in [5.74, 6) is -0.431. The van der Waals surface area contributed by atoms with E-state index in [2.05, 4.69) is 0 Å². The van der Waals surface area contributed by atoms with Gasteiger partial charge < -0.3 is 5.11 Å². The van der Waals surface area contributed by atoms with Crippen molar-refractivity contribution in [2.24, 2.45) is 0 Å². The lowest BCUT2D eigenvalue weighted by Crippen LogP contribution is -2.54. The van der Waals surface area contributed by atoms with Crippen molar-refractivity contribution in [1.82, 2.24) is 9.80 Å². The van der Waals surface area contributed by atoms with Gasteiger partial charge >= 0.3 is 0 Å². The molecule has 0 bridgehead atoms. The summed E-state index contributed by atoms with van der Waals surface area (Å²) in [6, 6.07) is 0. The van der Waals surface area contributed by atoms with Gasteiger partial charge in [0.25, 0.3) is 0 Å². The Hall–Kier alpha value is -0.940. The van der Waals surface area contributed by atoms with Crippen LogP contribution in [-0.2, 0) is 9.59 Å². The van der Waals surface area contributed by atoms with E-state index in [1.807, 2.05) is 6.92 Å². The van der Waals surface area contributed by atoms with Gasteiger partial charge in [-0.15, -0.1) is 0 Å². The zero-order valence-corrected chi connectivity index (χ0v) is 7.69. The van der Waals surface area contributed by atoms with Crippen molar-refractivity contribution in [3.63, 3.8) is 0 Å². The standard InChI is InChI=1S/C8H14N2O3/c1-2-3-10-7(12)4-9(6-11)5-8(10)13/h11H,2-6H2,1H3. The lowest BCUT2D eigenvalue weighted by atomic mass is 10.3. The first-order valence-corrected chi connectivity index (χ1v) is 4.35. The molecule has 0 spiro atoms. The number of carbonyl (C=O) groups excluding carboxylic acids is 2. The molecule has 0 aromatic carbocycles. The van der Waals surface area contributed by atoms with E-state index in [4.69, 9.17) is 5.11 Å². The number of rotatable bonds is 3. The first kappa shape index (κ1) is 10.1. The molecule has 0 atom stereocenters. The second-order valence-corrected chi connectivity index (χ2v) is 3.07. The molecule has 2 amide bonds. The molecule has 13 heavy (non-hydrogen) atoms.